The van der Waals surface area contributed by atoms with Crippen molar-refractivity contribution in [2.75, 3.05) is 33.9 Å². The van der Waals surface area contributed by atoms with Gasteiger partial charge in [0, 0.05) is 18.1 Å². The maximum absolute atomic E-state index is 12.9. The van der Waals surface area contributed by atoms with Crippen LogP contribution in [0, 0.1) is 12.3 Å². The fourth-order valence-corrected chi connectivity index (χ4v) is 3.99. The highest BCUT2D eigenvalue weighted by molar-refractivity contribution is 7.85. The van der Waals surface area contributed by atoms with Gasteiger partial charge in [0.15, 0.2) is 0 Å². The van der Waals surface area contributed by atoms with Gasteiger partial charge in [0.25, 0.3) is 0 Å². The molecule has 0 aliphatic heterocycles. The minimum Gasteiger partial charge on any atom is -0.466 e. The molecule has 0 amide bonds. The average Bonchev–Trinajstić information content (AvgIpc) is 2.97. The van der Waals surface area contributed by atoms with Gasteiger partial charge in [0.05, 0.1) is 24.1 Å². The topological polar surface area (TPSA) is 77.8 Å². The predicted octanol–water partition coefficient (Wildman–Crippen LogP) is 2.75. The van der Waals surface area contributed by atoms with Crippen molar-refractivity contribution < 1.29 is 22.1 Å². The number of hydrogen-bond donors (Lipinski definition) is 0. The van der Waals surface area contributed by atoms with Crippen LogP contribution in [-0.2, 0) is 30.4 Å². The summed E-state index contributed by atoms with van der Waals surface area (Å²) in [5.74, 6) is -0.495. The van der Waals surface area contributed by atoms with Gasteiger partial charge in [-0.05, 0) is 65.9 Å². The Morgan fingerprint density at radius 2 is 1.93 bits per heavy atom. The highest BCUT2D eigenvalue weighted by Gasteiger charge is 2.32. The Bertz CT molecular complexity index is 945. The molecule has 0 unspecified atom stereocenters. The summed E-state index contributed by atoms with van der Waals surface area (Å²) in [6.45, 7) is 7.59. The summed E-state index contributed by atoms with van der Waals surface area (Å²) < 4.78 is 37.2. The molecule has 7 nitrogen and oxygen atoms in total. The van der Waals surface area contributed by atoms with E-state index in [1.807, 2.05) is 38.1 Å². The van der Waals surface area contributed by atoms with Gasteiger partial charge in [-0.15, -0.1) is 0 Å². The van der Waals surface area contributed by atoms with Crippen LogP contribution < -0.4 is 0 Å². The van der Waals surface area contributed by atoms with Crippen molar-refractivity contribution in [2.24, 2.45) is 5.41 Å². The molecule has 28 heavy (non-hydrogen) atoms. The first-order valence-corrected chi connectivity index (χ1v) is 10.7. The number of carbonyl (C=O) groups excluding carboxylic acids is 1. The Morgan fingerprint density at radius 1 is 1.25 bits per heavy atom. The predicted molar refractivity (Wildman–Crippen MR) is 110 cm³/mol. The van der Waals surface area contributed by atoms with E-state index in [0.717, 1.165) is 27.0 Å². The van der Waals surface area contributed by atoms with Gasteiger partial charge in [-0.25, -0.2) is 3.97 Å². The molecule has 0 N–H and O–H groups in total. The first kappa shape index (κ1) is 22.4. The van der Waals surface area contributed by atoms with Crippen molar-refractivity contribution in [1.29, 1.82) is 0 Å². The van der Waals surface area contributed by atoms with Gasteiger partial charge in [0.2, 0.25) is 0 Å². The number of aromatic nitrogens is 1. The zero-order valence-electron chi connectivity index (χ0n) is 17.5. The molecular weight excluding hydrogens is 380 g/mol. The summed E-state index contributed by atoms with van der Waals surface area (Å²) >= 11 is 0. The number of fused-ring (bicyclic) bond motifs is 1. The van der Waals surface area contributed by atoms with E-state index in [9.17, 15) is 13.2 Å². The summed E-state index contributed by atoms with van der Waals surface area (Å²) in [7, 11) is -0.156. The largest absolute Gasteiger partial charge is 0.466 e. The molecule has 2 rings (SSSR count). The molecule has 0 bridgehead atoms. The highest BCUT2D eigenvalue weighted by Crippen LogP contribution is 2.27. The standard InChI is InChI=1S/C20H30N2O5S/c1-7-26-19(23)20(3,4)14-27-28(24,25)22-13-16(10-11-21(5)6)17-12-15(2)8-9-18(17)22/h8-9,12-13H,7,10-11,14H2,1-6H3. The number of esters is 1. The molecule has 1 aromatic heterocycles. The van der Waals surface area contributed by atoms with Gasteiger partial charge in [-0.1, -0.05) is 11.6 Å². The van der Waals surface area contributed by atoms with Gasteiger partial charge in [0.1, 0.15) is 0 Å². The highest BCUT2D eigenvalue weighted by atomic mass is 32.2. The summed E-state index contributed by atoms with van der Waals surface area (Å²) in [6.07, 6.45) is 2.32. The van der Waals surface area contributed by atoms with E-state index in [0.29, 0.717) is 11.9 Å². The molecular formula is C20H30N2O5S. The van der Waals surface area contributed by atoms with Crippen LogP contribution in [0.5, 0.6) is 0 Å². The molecule has 1 heterocycles. The number of rotatable bonds is 9. The van der Waals surface area contributed by atoms with Gasteiger partial charge in [-0.2, -0.15) is 8.42 Å². The molecule has 0 aliphatic rings. The SMILES string of the molecule is CCOC(=O)C(C)(C)COS(=O)(=O)n1cc(CCN(C)C)c2cc(C)ccc21. The fourth-order valence-electron chi connectivity index (χ4n) is 2.77. The average molecular weight is 411 g/mol. The van der Waals surface area contributed by atoms with Crippen LogP contribution in [0.3, 0.4) is 0 Å². The first-order chi connectivity index (χ1) is 13.0. The normalized spacial score (nSPS) is 12.7. The van der Waals surface area contributed by atoms with Crippen LogP contribution in [0.2, 0.25) is 0 Å². The number of ether oxygens (including phenoxy) is 1. The van der Waals surface area contributed by atoms with Crippen LogP contribution >= 0.6 is 0 Å². The van der Waals surface area contributed by atoms with Crippen LogP contribution in [-0.4, -0.2) is 57.1 Å². The fraction of sp³-hybridized carbons (Fsp3) is 0.550. The second-order valence-corrected chi connectivity index (χ2v) is 9.33. The quantitative estimate of drug-likeness (QED) is 0.592. The van der Waals surface area contributed by atoms with Crippen molar-refractivity contribution in [3.63, 3.8) is 0 Å². The van der Waals surface area contributed by atoms with Gasteiger partial charge < -0.3 is 9.64 Å². The van der Waals surface area contributed by atoms with Crippen molar-refractivity contribution in [3.8, 4) is 0 Å². The summed E-state index contributed by atoms with van der Waals surface area (Å²) in [5, 5.41) is 0.888. The smallest absolute Gasteiger partial charge is 0.366 e. The lowest BCUT2D eigenvalue weighted by atomic mass is 9.95. The Balaban J connectivity index is 2.36. The van der Waals surface area contributed by atoms with Gasteiger partial charge >= 0.3 is 16.3 Å². The molecule has 0 radical (unpaired) electrons. The lowest BCUT2D eigenvalue weighted by molar-refractivity contribution is -0.154. The zero-order valence-corrected chi connectivity index (χ0v) is 18.3. The van der Waals surface area contributed by atoms with Crippen molar-refractivity contribution >= 4 is 27.2 Å². The van der Waals surface area contributed by atoms with Gasteiger partial charge in [-0.3, -0.25) is 8.98 Å². The monoisotopic (exact) mass is 410 g/mol. The number of likely N-dealkylation sites (N-methyl/N-ethyl adjacent to an activating group) is 1. The van der Waals surface area contributed by atoms with E-state index in [2.05, 4.69) is 0 Å². The Labute approximate surface area is 167 Å². The van der Waals surface area contributed by atoms with E-state index in [1.54, 1.807) is 33.0 Å². The number of carbonyl (C=O) groups is 1. The minimum atomic E-state index is -4.10. The van der Waals surface area contributed by atoms with Crippen LogP contribution in [0.15, 0.2) is 24.4 Å². The first-order valence-electron chi connectivity index (χ1n) is 9.30. The van der Waals surface area contributed by atoms with E-state index < -0.39 is 21.7 Å². The summed E-state index contributed by atoms with van der Waals surface area (Å²) in [5.41, 5.74) is 1.48. The third kappa shape index (κ3) is 5.12. The third-order valence-corrected chi connectivity index (χ3v) is 5.67. The maximum Gasteiger partial charge on any atom is 0.366 e. The molecule has 2 aromatic rings. The maximum atomic E-state index is 12.9. The lowest BCUT2D eigenvalue weighted by Gasteiger charge is -2.21. The Morgan fingerprint density at radius 3 is 2.54 bits per heavy atom. The molecule has 156 valence electrons. The molecule has 0 atom stereocenters. The molecule has 0 spiro atoms. The van der Waals surface area contributed by atoms with Crippen molar-refractivity contribution in [1.82, 2.24) is 8.87 Å². The zero-order chi connectivity index (χ0) is 21.1. The number of benzene rings is 1. The molecule has 0 fully saturated rings. The van der Waals surface area contributed by atoms with Crippen LogP contribution in [0.4, 0.5) is 0 Å². The van der Waals surface area contributed by atoms with E-state index in [1.165, 1.54) is 0 Å². The van der Waals surface area contributed by atoms with E-state index in [-0.39, 0.29) is 13.2 Å². The van der Waals surface area contributed by atoms with Crippen molar-refractivity contribution in [3.05, 3.63) is 35.5 Å². The number of hydrogen-bond acceptors (Lipinski definition) is 6. The molecule has 0 saturated carbocycles. The van der Waals surface area contributed by atoms with Crippen molar-refractivity contribution in [2.45, 2.75) is 34.1 Å². The minimum absolute atomic E-state index is 0.228. The van der Waals surface area contributed by atoms with Crippen LogP contribution in [0.1, 0.15) is 31.9 Å². The molecule has 8 heteroatoms. The second kappa shape index (κ2) is 8.63. The summed E-state index contributed by atoms with van der Waals surface area (Å²) in [6, 6.07) is 5.63. The summed E-state index contributed by atoms with van der Waals surface area (Å²) in [4.78, 5) is 14.1. The second-order valence-electron chi connectivity index (χ2n) is 7.85. The lowest BCUT2D eigenvalue weighted by Crippen LogP contribution is -2.33. The molecule has 0 aliphatic carbocycles. The third-order valence-electron chi connectivity index (χ3n) is 4.47. The number of nitrogens with zero attached hydrogens (tertiary/aromatic N) is 2. The Hall–Kier alpha value is -1.90. The molecule has 1 aromatic carbocycles. The Kier molecular flexibility index (Phi) is 6.90. The molecule has 0 saturated heterocycles. The van der Waals surface area contributed by atoms with E-state index in [4.69, 9.17) is 8.92 Å². The van der Waals surface area contributed by atoms with E-state index >= 15 is 0 Å². The number of aryl methyl sites for hydroxylation is 1. The van der Waals surface area contributed by atoms with Crippen LogP contribution in [0.25, 0.3) is 10.9 Å².